The highest BCUT2D eigenvalue weighted by molar-refractivity contribution is 9.10. The fourth-order valence-corrected chi connectivity index (χ4v) is 2.38. The smallest absolute Gasteiger partial charge is 0.387 e. The Morgan fingerprint density at radius 2 is 1.86 bits per heavy atom. The lowest BCUT2D eigenvalue weighted by molar-refractivity contribution is -0.0498. The molecule has 7 heteroatoms. The Bertz CT molecular complexity index is 787. The Kier molecular flexibility index (Phi) is 3.50. The van der Waals surface area contributed by atoms with E-state index in [1.165, 1.54) is 12.1 Å². The first kappa shape index (κ1) is 13.8. The van der Waals surface area contributed by atoms with Crippen LogP contribution < -0.4 is 10.5 Å². The number of benzene rings is 1. The molecule has 2 N–H and O–H groups in total. The number of ether oxygens (including phenoxy) is 1. The molecule has 1 aromatic carbocycles. The number of anilines is 1. The summed E-state index contributed by atoms with van der Waals surface area (Å²) in [4.78, 5) is 4.44. The van der Waals surface area contributed by atoms with E-state index in [9.17, 15) is 8.78 Å². The predicted octanol–water partition coefficient (Wildman–Crippen LogP) is 3.95. The third-order valence-electron chi connectivity index (χ3n) is 2.97. The van der Waals surface area contributed by atoms with Crippen LogP contribution in [0.25, 0.3) is 16.9 Å². The summed E-state index contributed by atoms with van der Waals surface area (Å²) < 4.78 is 31.2. The zero-order chi connectivity index (χ0) is 15.0. The van der Waals surface area contributed by atoms with Crippen LogP contribution in [0.5, 0.6) is 5.75 Å². The molecule has 0 radical (unpaired) electrons. The molecular weight excluding hydrogens is 344 g/mol. The molecule has 21 heavy (non-hydrogen) atoms. The highest BCUT2D eigenvalue weighted by Crippen LogP contribution is 2.29. The zero-order valence-electron chi connectivity index (χ0n) is 10.6. The predicted molar refractivity (Wildman–Crippen MR) is 79.4 cm³/mol. The minimum atomic E-state index is -2.84. The number of nitrogens with two attached hydrogens (primary N) is 1. The van der Waals surface area contributed by atoms with Crippen molar-refractivity contribution in [3.8, 4) is 17.0 Å². The van der Waals surface area contributed by atoms with Gasteiger partial charge in [0.25, 0.3) is 0 Å². The average Bonchev–Trinajstić information content (AvgIpc) is 2.76. The van der Waals surface area contributed by atoms with Crippen LogP contribution in [0, 0.1) is 0 Å². The van der Waals surface area contributed by atoms with Gasteiger partial charge in [0.15, 0.2) is 0 Å². The van der Waals surface area contributed by atoms with Crippen LogP contribution in [0.2, 0.25) is 0 Å². The van der Waals surface area contributed by atoms with Gasteiger partial charge in [0.05, 0.1) is 0 Å². The molecule has 0 saturated heterocycles. The number of aromatic nitrogens is 2. The minimum Gasteiger partial charge on any atom is -0.435 e. The van der Waals surface area contributed by atoms with Crippen molar-refractivity contribution in [1.82, 2.24) is 9.38 Å². The van der Waals surface area contributed by atoms with Gasteiger partial charge >= 0.3 is 6.61 Å². The van der Waals surface area contributed by atoms with Gasteiger partial charge in [-0.3, -0.25) is 4.40 Å². The lowest BCUT2D eigenvalue weighted by Crippen LogP contribution is -2.01. The number of rotatable bonds is 3. The molecule has 2 aromatic heterocycles. The van der Waals surface area contributed by atoms with Crippen LogP contribution in [-0.4, -0.2) is 16.0 Å². The van der Waals surface area contributed by atoms with Crippen molar-refractivity contribution in [2.45, 2.75) is 6.61 Å². The molecule has 3 rings (SSSR count). The van der Waals surface area contributed by atoms with E-state index in [-0.39, 0.29) is 5.75 Å². The van der Waals surface area contributed by atoms with Gasteiger partial charge in [-0.05, 0) is 52.3 Å². The molecule has 0 aliphatic carbocycles. The summed E-state index contributed by atoms with van der Waals surface area (Å²) in [7, 11) is 0. The van der Waals surface area contributed by atoms with E-state index in [4.69, 9.17) is 5.73 Å². The van der Waals surface area contributed by atoms with Gasteiger partial charge in [0.1, 0.15) is 22.9 Å². The van der Waals surface area contributed by atoms with Crippen LogP contribution in [0.1, 0.15) is 0 Å². The Hall–Kier alpha value is -2.15. The molecule has 4 nitrogen and oxygen atoms in total. The van der Waals surface area contributed by atoms with Crippen LogP contribution in [0.15, 0.2) is 47.1 Å². The number of hydrogen-bond acceptors (Lipinski definition) is 3. The number of pyridine rings is 1. The van der Waals surface area contributed by atoms with E-state index in [0.29, 0.717) is 17.2 Å². The maximum atomic E-state index is 12.1. The molecule has 0 atom stereocenters. The third-order valence-corrected chi connectivity index (χ3v) is 3.44. The number of halogens is 3. The summed E-state index contributed by atoms with van der Waals surface area (Å²) in [5, 5.41) is 0. The molecule has 0 fully saturated rings. The van der Waals surface area contributed by atoms with Gasteiger partial charge in [-0.15, -0.1) is 0 Å². The normalized spacial score (nSPS) is 11.2. The van der Waals surface area contributed by atoms with Crippen molar-refractivity contribution in [2.24, 2.45) is 0 Å². The van der Waals surface area contributed by atoms with Crippen LogP contribution in [0.3, 0.4) is 0 Å². The SMILES string of the molecule is Nc1c(-c2ccc(OC(F)F)cc2)nc2ccc(Br)cn12. The van der Waals surface area contributed by atoms with Crippen LogP contribution in [0.4, 0.5) is 14.6 Å². The Morgan fingerprint density at radius 3 is 2.52 bits per heavy atom. The van der Waals surface area contributed by atoms with Crippen molar-refractivity contribution in [3.63, 3.8) is 0 Å². The first-order valence-electron chi connectivity index (χ1n) is 6.03. The molecular formula is C14H10BrF2N3O. The number of alkyl halides is 2. The fourth-order valence-electron chi connectivity index (χ4n) is 2.04. The monoisotopic (exact) mass is 353 g/mol. The average molecular weight is 354 g/mol. The van der Waals surface area contributed by atoms with E-state index in [2.05, 4.69) is 25.7 Å². The number of imidazole rings is 1. The van der Waals surface area contributed by atoms with Crippen molar-refractivity contribution in [1.29, 1.82) is 0 Å². The molecule has 3 aromatic rings. The molecule has 0 aliphatic heterocycles. The summed E-state index contributed by atoms with van der Waals surface area (Å²) in [5.74, 6) is 0.577. The van der Waals surface area contributed by atoms with Crippen molar-refractivity contribution < 1.29 is 13.5 Å². The minimum absolute atomic E-state index is 0.0961. The van der Waals surface area contributed by atoms with Crippen LogP contribution >= 0.6 is 15.9 Å². The van der Waals surface area contributed by atoms with E-state index in [0.717, 1.165) is 10.0 Å². The van der Waals surface area contributed by atoms with Crippen molar-refractivity contribution >= 4 is 27.4 Å². The molecule has 108 valence electrons. The van der Waals surface area contributed by atoms with Gasteiger partial charge in [0, 0.05) is 16.2 Å². The largest absolute Gasteiger partial charge is 0.435 e. The summed E-state index contributed by atoms with van der Waals surface area (Å²) in [6.45, 7) is -2.84. The topological polar surface area (TPSA) is 52.5 Å². The van der Waals surface area contributed by atoms with E-state index in [1.807, 2.05) is 18.3 Å². The summed E-state index contributed by atoms with van der Waals surface area (Å²) in [5.41, 5.74) is 8.12. The molecule has 0 amide bonds. The Balaban J connectivity index is 2.02. The first-order chi connectivity index (χ1) is 10.0. The summed E-state index contributed by atoms with van der Waals surface area (Å²) in [6, 6.07) is 9.90. The number of fused-ring (bicyclic) bond motifs is 1. The quantitative estimate of drug-likeness (QED) is 0.775. The van der Waals surface area contributed by atoms with Gasteiger partial charge < -0.3 is 10.5 Å². The van der Waals surface area contributed by atoms with E-state index < -0.39 is 6.61 Å². The van der Waals surface area contributed by atoms with Crippen molar-refractivity contribution in [2.75, 3.05) is 5.73 Å². The summed E-state index contributed by atoms with van der Waals surface area (Å²) in [6.07, 6.45) is 1.81. The summed E-state index contributed by atoms with van der Waals surface area (Å²) >= 11 is 3.37. The van der Waals surface area contributed by atoms with Gasteiger partial charge in [0.2, 0.25) is 0 Å². The highest BCUT2D eigenvalue weighted by Gasteiger charge is 2.12. The molecule has 0 saturated carbocycles. The van der Waals surface area contributed by atoms with E-state index in [1.54, 1.807) is 16.5 Å². The standard InChI is InChI=1S/C14H10BrF2N3O/c15-9-3-6-11-19-12(13(18)20(11)7-9)8-1-4-10(5-2-8)21-14(16)17/h1-7,14H,18H2. The Labute approximate surface area is 127 Å². The number of nitrogen functional groups attached to an aromatic ring is 1. The van der Waals surface area contributed by atoms with Crippen LogP contribution in [-0.2, 0) is 0 Å². The second kappa shape index (κ2) is 5.33. The maximum Gasteiger partial charge on any atom is 0.387 e. The number of hydrogen-bond donors (Lipinski definition) is 1. The molecule has 0 spiro atoms. The lowest BCUT2D eigenvalue weighted by atomic mass is 10.1. The van der Waals surface area contributed by atoms with Gasteiger partial charge in [-0.2, -0.15) is 8.78 Å². The molecule has 0 aliphatic rings. The molecule has 0 unspecified atom stereocenters. The fraction of sp³-hybridized carbons (Fsp3) is 0.0714. The zero-order valence-corrected chi connectivity index (χ0v) is 12.2. The maximum absolute atomic E-state index is 12.1. The highest BCUT2D eigenvalue weighted by atomic mass is 79.9. The first-order valence-corrected chi connectivity index (χ1v) is 6.82. The van der Waals surface area contributed by atoms with E-state index >= 15 is 0 Å². The van der Waals surface area contributed by atoms with Crippen molar-refractivity contribution in [3.05, 3.63) is 47.1 Å². The van der Waals surface area contributed by atoms with Gasteiger partial charge in [-0.1, -0.05) is 0 Å². The lowest BCUT2D eigenvalue weighted by Gasteiger charge is -2.05. The van der Waals surface area contributed by atoms with Gasteiger partial charge in [-0.25, -0.2) is 4.98 Å². The second-order valence-corrected chi connectivity index (χ2v) is 5.24. The number of nitrogens with zero attached hydrogens (tertiary/aromatic N) is 2. The molecule has 0 bridgehead atoms. The Morgan fingerprint density at radius 1 is 1.14 bits per heavy atom. The molecule has 2 heterocycles. The second-order valence-electron chi connectivity index (χ2n) is 4.32. The third kappa shape index (κ3) is 2.69.